The molecule has 0 bridgehead atoms. The average Bonchev–Trinajstić information content (AvgIpc) is 2.78. The minimum atomic E-state index is -1.64. The zero-order valence-electron chi connectivity index (χ0n) is 18.2. The minimum absolute atomic E-state index is 0.00241. The number of nitrogens with zero attached hydrogens (tertiary/aromatic N) is 2. The Morgan fingerprint density at radius 3 is 2.23 bits per heavy atom. The van der Waals surface area contributed by atoms with E-state index in [9.17, 15) is 14.7 Å². The second-order valence-electron chi connectivity index (χ2n) is 8.07. The molecule has 0 radical (unpaired) electrons. The third-order valence-electron chi connectivity index (χ3n) is 5.47. The predicted octanol–water partition coefficient (Wildman–Crippen LogP) is 6.73. The molecule has 0 aliphatic rings. The van der Waals surface area contributed by atoms with E-state index in [2.05, 4.69) is 15.3 Å². The lowest BCUT2D eigenvalue weighted by atomic mass is 9.91. The highest BCUT2D eigenvalue weighted by atomic mass is 35.5. The standard InChI is InChI=1S/C25H17Cl4N3O3/c1-25(24(34)35,32-23(33)22-17(28)11-30-12-18(22)29)10-13-5-7-19-14(9-13)6-8-20(31-19)21-15(26)3-2-4-16(21)27/h2-9,11-12H,10H2,1H3,(H,32,33)(H,34,35)/t25-/m0/s1. The molecular formula is C25H17Cl4N3O3. The van der Waals surface area contributed by atoms with Crippen LogP contribution in [0.4, 0.5) is 0 Å². The molecule has 6 nitrogen and oxygen atoms in total. The first-order valence-electron chi connectivity index (χ1n) is 10.3. The first kappa shape index (κ1) is 25.2. The number of amides is 1. The summed E-state index contributed by atoms with van der Waals surface area (Å²) >= 11 is 24.7. The Kier molecular flexibility index (Phi) is 7.20. The molecule has 0 unspecified atom stereocenters. The Labute approximate surface area is 220 Å². The molecule has 2 aromatic carbocycles. The molecule has 0 saturated heterocycles. The summed E-state index contributed by atoms with van der Waals surface area (Å²) in [5, 5.41) is 14.3. The highest BCUT2D eigenvalue weighted by Crippen LogP contribution is 2.34. The maximum atomic E-state index is 12.8. The van der Waals surface area contributed by atoms with Crippen LogP contribution in [0.5, 0.6) is 0 Å². The van der Waals surface area contributed by atoms with Crippen LogP contribution in [0.15, 0.2) is 60.9 Å². The highest BCUT2D eigenvalue weighted by Gasteiger charge is 2.36. The van der Waals surface area contributed by atoms with E-state index < -0.39 is 17.4 Å². The van der Waals surface area contributed by atoms with Gasteiger partial charge >= 0.3 is 5.97 Å². The van der Waals surface area contributed by atoms with Gasteiger partial charge in [0.2, 0.25) is 0 Å². The molecule has 4 aromatic rings. The maximum absolute atomic E-state index is 12.8. The van der Waals surface area contributed by atoms with Gasteiger partial charge in [-0.2, -0.15) is 0 Å². The van der Waals surface area contributed by atoms with Crippen molar-refractivity contribution >= 4 is 69.2 Å². The van der Waals surface area contributed by atoms with Crippen molar-refractivity contribution in [3.63, 3.8) is 0 Å². The first-order chi connectivity index (χ1) is 16.6. The SMILES string of the molecule is C[C@@](Cc1ccc2nc(-c3c(Cl)cccc3Cl)ccc2c1)(NC(=O)c1c(Cl)cncc1Cl)C(=O)O. The first-order valence-corrected chi connectivity index (χ1v) is 11.8. The third kappa shape index (κ3) is 5.21. The topological polar surface area (TPSA) is 92.2 Å². The fourth-order valence-electron chi connectivity index (χ4n) is 3.69. The summed E-state index contributed by atoms with van der Waals surface area (Å²) in [5.74, 6) is -1.93. The Balaban J connectivity index is 1.63. The van der Waals surface area contributed by atoms with Crippen molar-refractivity contribution in [2.75, 3.05) is 0 Å². The Morgan fingerprint density at radius 1 is 0.943 bits per heavy atom. The van der Waals surface area contributed by atoms with E-state index in [0.717, 1.165) is 5.39 Å². The van der Waals surface area contributed by atoms with Crippen LogP contribution in [-0.2, 0) is 11.2 Å². The molecule has 0 aliphatic carbocycles. The van der Waals surface area contributed by atoms with Gasteiger partial charge in [-0.1, -0.05) is 64.6 Å². The zero-order valence-corrected chi connectivity index (χ0v) is 21.2. The molecule has 2 N–H and O–H groups in total. The van der Waals surface area contributed by atoms with Crippen LogP contribution in [-0.4, -0.2) is 32.5 Å². The van der Waals surface area contributed by atoms with Crippen LogP contribution >= 0.6 is 46.4 Å². The lowest BCUT2D eigenvalue weighted by molar-refractivity contribution is -0.143. The van der Waals surface area contributed by atoms with Crippen molar-refractivity contribution in [1.29, 1.82) is 0 Å². The van der Waals surface area contributed by atoms with E-state index in [1.807, 2.05) is 12.1 Å². The number of hydrogen-bond donors (Lipinski definition) is 2. The van der Waals surface area contributed by atoms with Crippen molar-refractivity contribution in [3.8, 4) is 11.3 Å². The van der Waals surface area contributed by atoms with Gasteiger partial charge in [0, 0.05) is 29.8 Å². The molecule has 1 atom stereocenters. The quantitative estimate of drug-likeness (QED) is 0.279. The van der Waals surface area contributed by atoms with Gasteiger partial charge in [-0.15, -0.1) is 0 Å². The van der Waals surface area contributed by atoms with Gasteiger partial charge in [0.05, 0.1) is 36.9 Å². The molecule has 0 aliphatic heterocycles. The van der Waals surface area contributed by atoms with Crippen molar-refractivity contribution in [3.05, 3.63) is 92.1 Å². The van der Waals surface area contributed by atoms with Crippen molar-refractivity contribution in [1.82, 2.24) is 15.3 Å². The number of fused-ring (bicyclic) bond motifs is 1. The van der Waals surface area contributed by atoms with Crippen LogP contribution in [0, 0.1) is 0 Å². The third-order valence-corrected chi connectivity index (χ3v) is 6.68. The largest absolute Gasteiger partial charge is 0.480 e. The monoisotopic (exact) mass is 547 g/mol. The van der Waals surface area contributed by atoms with Crippen molar-refractivity contribution in [2.24, 2.45) is 0 Å². The number of aromatic nitrogens is 2. The molecule has 0 spiro atoms. The summed E-state index contributed by atoms with van der Waals surface area (Å²) in [4.78, 5) is 33.5. The molecule has 178 valence electrons. The predicted molar refractivity (Wildman–Crippen MR) is 139 cm³/mol. The summed E-state index contributed by atoms with van der Waals surface area (Å²) < 4.78 is 0. The number of hydrogen-bond acceptors (Lipinski definition) is 4. The summed E-state index contributed by atoms with van der Waals surface area (Å²) in [6.07, 6.45) is 2.53. The average molecular weight is 549 g/mol. The van der Waals surface area contributed by atoms with Gasteiger partial charge in [-0.25, -0.2) is 9.78 Å². The van der Waals surface area contributed by atoms with Crippen molar-refractivity contribution < 1.29 is 14.7 Å². The van der Waals surface area contributed by atoms with Gasteiger partial charge in [0.15, 0.2) is 0 Å². The second-order valence-corrected chi connectivity index (χ2v) is 9.70. The van der Waals surface area contributed by atoms with Crippen LogP contribution in [0.25, 0.3) is 22.2 Å². The molecule has 2 heterocycles. The number of rotatable bonds is 6. The summed E-state index contributed by atoms with van der Waals surface area (Å²) in [6, 6.07) is 14.2. The number of carbonyl (C=O) groups is 2. The van der Waals surface area contributed by atoms with E-state index in [1.54, 1.807) is 36.4 Å². The number of nitrogens with one attached hydrogen (secondary N) is 1. The Morgan fingerprint density at radius 2 is 1.60 bits per heavy atom. The number of pyridine rings is 2. The zero-order chi connectivity index (χ0) is 25.3. The van der Waals surface area contributed by atoms with Gasteiger partial charge in [-0.05, 0) is 42.8 Å². The van der Waals surface area contributed by atoms with Crippen LogP contribution in [0.1, 0.15) is 22.8 Å². The number of carboxylic acids is 1. The van der Waals surface area contributed by atoms with Crippen LogP contribution < -0.4 is 5.32 Å². The number of carbonyl (C=O) groups excluding carboxylic acids is 1. The summed E-state index contributed by atoms with van der Waals surface area (Å²) in [7, 11) is 0. The van der Waals surface area contributed by atoms with Crippen LogP contribution in [0.2, 0.25) is 20.1 Å². The van der Waals surface area contributed by atoms with E-state index in [4.69, 9.17) is 46.4 Å². The minimum Gasteiger partial charge on any atom is -0.480 e. The van der Waals surface area contributed by atoms with Crippen LogP contribution in [0.3, 0.4) is 0 Å². The molecule has 0 fully saturated rings. The molecular weight excluding hydrogens is 532 g/mol. The van der Waals surface area contributed by atoms with E-state index in [-0.39, 0.29) is 22.0 Å². The number of aliphatic carboxylic acids is 1. The summed E-state index contributed by atoms with van der Waals surface area (Å²) in [5.41, 5.74) is 0.938. The van der Waals surface area contributed by atoms with Crippen molar-refractivity contribution in [2.45, 2.75) is 18.9 Å². The fourth-order valence-corrected chi connectivity index (χ4v) is 4.82. The lowest BCUT2D eigenvalue weighted by Crippen LogP contribution is -2.53. The second kappa shape index (κ2) is 9.99. The smallest absolute Gasteiger partial charge is 0.329 e. The van der Waals surface area contributed by atoms with Gasteiger partial charge in [0.1, 0.15) is 5.54 Å². The highest BCUT2D eigenvalue weighted by molar-refractivity contribution is 6.40. The van der Waals surface area contributed by atoms with Gasteiger partial charge in [0.25, 0.3) is 5.91 Å². The number of carboxylic acid groups (broad SMARTS) is 1. The molecule has 0 saturated carbocycles. The lowest BCUT2D eigenvalue weighted by Gasteiger charge is -2.27. The maximum Gasteiger partial charge on any atom is 0.329 e. The van der Waals surface area contributed by atoms with Gasteiger partial charge < -0.3 is 10.4 Å². The van der Waals surface area contributed by atoms with E-state index >= 15 is 0 Å². The van der Waals surface area contributed by atoms with E-state index in [1.165, 1.54) is 19.3 Å². The molecule has 10 heteroatoms. The molecule has 2 aromatic heterocycles. The number of halogens is 4. The molecule has 35 heavy (non-hydrogen) atoms. The summed E-state index contributed by atoms with van der Waals surface area (Å²) in [6.45, 7) is 1.42. The molecule has 4 rings (SSSR count). The normalized spacial score (nSPS) is 12.8. The van der Waals surface area contributed by atoms with Gasteiger partial charge in [-0.3, -0.25) is 9.78 Å². The van der Waals surface area contributed by atoms with E-state index in [0.29, 0.717) is 32.4 Å². The Hall–Kier alpha value is -2.90. The Bertz CT molecular complexity index is 1440. The fraction of sp³-hybridized carbons (Fsp3) is 0.120. The number of benzene rings is 2. The molecule has 1 amide bonds.